The van der Waals surface area contributed by atoms with Gasteiger partial charge in [0.1, 0.15) is 12.6 Å². The van der Waals surface area contributed by atoms with E-state index in [1.165, 1.54) is 29.2 Å². The Morgan fingerprint density at radius 2 is 2.00 bits per heavy atom. The minimum atomic E-state index is -0.757. The van der Waals surface area contributed by atoms with Crippen molar-refractivity contribution in [3.63, 3.8) is 0 Å². The van der Waals surface area contributed by atoms with E-state index in [-0.39, 0.29) is 24.2 Å². The van der Waals surface area contributed by atoms with E-state index >= 15 is 0 Å². The maximum absolute atomic E-state index is 12.5. The standard InChI is InChI=1S/C18H20N2O6/c1-11(21)16-14-4-2-3-5-15(19(14)17(16)22)18(23)26-10-12-6-8-13(9-7-12)20(24)25/h2-3,6-9,11,14-16,21H,4-5,10H2,1H3/t11-,14-,15-,16-/m1/s1. The summed E-state index contributed by atoms with van der Waals surface area (Å²) in [7, 11) is 0. The first-order valence-corrected chi connectivity index (χ1v) is 8.45. The molecule has 1 aromatic rings. The molecule has 8 nitrogen and oxygen atoms in total. The van der Waals surface area contributed by atoms with Crippen LogP contribution >= 0.6 is 0 Å². The zero-order valence-corrected chi connectivity index (χ0v) is 14.3. The lowest BCUT2D eigenvalue weighted by Crippen LogP contribution is -2.68. The number of β-lactam (4-membered cyclic amide) rings is 1. The highest BCUT2D eigenvalue weighted by molar-refractivity contribution is 5.92. The first kappa shape index (κ1) is 18.1. The van der Waals surface area contributed by atoms with Crippen LogP contribution in [0.4, 0.5) is 5.69 Å². The highest BCUT2D eigenvalue weighted by Gasteiger charge is 2.53. The Morgan fingerprint density at radius 3 is 2.62 bits per heavy atom. The van der Waals surface area contributed by atoms with Gasteiger partial charge in [0.2, 0.25) is 5.91 Å². The second kappa shape index (κ2) is 7.25. The highest BCUT2D eigenvalue weighted by Crippen LogP contribution is 2.37. The van der Waals surface area contributed by atoms with E-state index in [2.05, 4.69) is 0 Å². The molecule has 1 saturated heterocycles. The van der Waals surface area contributed by atoms with Gasteiger partial charge >= 0.3 is 5.97 Å². The van der Waals surface area contributed by atoms with Crippen molar-refractivity contribution in [2.24, 2.45) is 5.92 Å². The summed E-state index contributed by atoms with van der Waals surface area (Å²) in [6.07, 6.45) is 3.99. The minimum Gasteiger partial charge on any atom is -0.459 e. The third kappa shape index (κ3) is 3.32. The second-order valence-electron chi connectivity index (χ2n) is 6.57. The fourth-order valence-corrected chi connectivity index (χ4v) is 3.51. The Kier molecular flexibility index (Phi) is 5.03. The van der Waals surface area contributed by atoms with Gasteiger partial charge in [-0.05, 0) is 37.5 Å². The van der Waals surface area contributed by atoms with Gasteiger partial charge in [-0.3, -0.25) is 14.9 Å². The van der Waals surface area contributed by atoms with E-state index < -0.39 is 29.0 Å². The molecule has 0 unspecified atom stereocenters. The van der Waals surface area contributed by atoms with Crippen molar-refractivity contribution in [2.75, 3.05) is 0 Å². The molecule has 138 valence electrons. The van der Waals surface area contributed by atoms with Crippen LogP contribution in [-0.4, -0.2) is 45.0 Å². The predicted molar refractivity (Wildman–Crippen MR) is 90.9 cm³/mol. The van der Waals surface area contributed by atoms with Crippen LogP contribution in [0.1, 0.15) is 25.3 Å². The largest absolute Gasteiger partial charge is 0.459 e. The van der Waals surface area contributed by atoms with Gasteiger partial charge in [-0.25, -0.2) is 4.79 Å². The number of aliphatic hydroxyl groups is 1. The molecule has 2 heterocycles. The minimum absolute atomic E-state index is 0.0242. The molecule has 0 bridgehead atoms. The fourth-order valence-electron chi connectivity index (χ4n) is 3.51. The number of rotatable bonds is 5. The summed E-state index contributed by atoms with van der Waals surface area (Å²) < 4.78 is 5.32. The van der Waals surface area contributed by atoms with E-state index in [0.29, 0.717) is 18.4 Å². The van der Waals surface area contributed by atoms with Gasteiger partial charge in [-0.1, -0.05) is 12.2 Å². The quantitative estimate of drug-likeness (QED) is 0.281. The molecule has 0 aromatic heterocycles. The third-order valence-corrected chi connectivity index (χ3v) is 4.87. The van der Waals surface area contributed by atoms with E-state index in [9.17, 15) is 24.8 Å². The summed E-state index contributed by atoms with van der Waals surface area (Å²) in [5.74, 6) is -1.23. The van der Waals surface area contributed by atoms with Gasteiger partial charge in [0.15, 0.2) is 0 Å². The Bertz CT molecular complexity index is 743. The van der Waals surface area contributed by atoms with Gasteiger partial charge in [0, 0.05) is 12.1 Å². The molecule has 1 aromatic carbocycles. The average molecular weight is 360 g/mol. The van der Waals surface area contributed by atoms with Gasteiger partial charge in [-0.2, -0.15) is 0 Å². The normalized spacial score (nSPS) is 25.7. The summed E-state index contributed by atoms with van der Waals surface area (Å²) in [5, 5.41) is 20.4. The Labute approximate surface area is 150 Å². The maximum atomic E-state index is 12.5. The van der Waals surface area contributed by atoms with Crippen LogP contribution in [0.5, 0.6) is 0 Å². The number of fused-ring (bicyclic) bond motifs is 1. The van der Waals surface area contributed by atoms with Crippen molar-refractivity contribution in [3.8, 4) is 0 Å². The zero-order chi connectivity index (χ0) is 18.8. The van der Waals surface area contributed by atoms with Crippen LogP contribution in [0.3, 0.4) is 0 Å². The van der Waals surface area contributed by atoms with Crippen molar-refractivity contribution in [3.05, 3.63) is 52.1 Å². The van der Waals surface area contributed by atoms with Crippen LogP contribution in [0.15, 0.2) is 36.4 Å². The molecule has 0 aliphatic carbocycles. The average Bonchev–Trinajstić information content (AvgIpc) is 2.79. The molecule has 4 atom stereocenters. The number of nitro groups is 1. The summed E-state index contributed by atoms with van der Waals surface area (Å²) in [6.45, 7) is 1.56. The fraction of sp³-hybridized carbons (Fsp3) is 0.444. The van der Waals surface area contributed by atoms with Crippen LogP contribution in [-0.2, 0) is 20.9 Å². The number of esters is 1. The zero-order valence-electron chi connectivity index (χ0n) is 14.3. The van der Waals surface area contributed by atoms with E-state index in [0.717, 1.165) is 0 Å². The van der Waals surface area contributed by atoms with Crippen LogP contribution in [0.25, 0.3) is 0 Å². The van der Waals surface area contributed by atoms with E-state index in [1.54, 1.807) is 6.92 Å². The van der Waals surface area contributed by atoms with Crippen molar-refractivity contribution < 1.29 is 24.4 Å². The molecule has 1 N–H and O–H groups in total. The van der Waals surface area contributed by atoms with E-state index in [4.69, 9.17) is 4.74 Å². The van der Waals surface area contributed by atoms with Crippen molar-refractivity contribution in [1.82, 2.24) is 4.90 Å². The molecule has 0 spiro atoms. The first-order valence-electron chi connectivity index (χ1n) is 8.45. The summed E-state index contributed by atoms with van der Waals surface area (Å²) in [4.78, 5) is 36.5. The molecule has 2 aliphatic heterocycles. The predicted octanol–water partition coefficient (Wildman–Crippen LogP) is 1.56. The van der Waals surface area contributed by atoms with Gasteiger partial charge in [0.25, 0.3) is 5.69 Å². The number of nitro benzene ring substituents is 1. The molecule has 0 radical (unpaired) electrons. The maximum Gasteiger partial charge on any atom is 0.329 e. The third-order valence-electron chi connectivity index (χ3n) is 4.87. The molecule has 2 aliphatic rings. The number of ether oxygens (including phenoxy) is 1. The number of aliphatic hydroxyl groups excluding tert-OH is 1. The second-order valence-corrected chi connectivity index (χ2v) is 6.57. The molecular weight excluding hydrogens is 340 g/mol. The molecular formula is C18H20N2O6. The van der Waals surface area contributed by atoms with Crippen LogP contribution in [0.2, 0.25) is 0 Å². The smallest absolute Gasteiger partial charge is 0.329 e. The Hall–Kier alpha value is -2.74. The first-order chi connectivity index (χ1) is 12.4. The number of amides is 1. The van der Waals surface area contributed by atoms with E-state index in [1.807, 2.05) is 12.2 Å². The van der Waals surface area contributed by atoms with Gasteiger partial charge in [0.05, 0.1) is 23.0 Å². The summed E-state index contributed by atoms with van der Waals surface area (Å²) in [5.41, 5.74) is 0.591. The lowest BCUT2D eigenvalue weighted by atomic mass is 9.80. The van der Waals surface area contributed by atoms with Gasteiger partial charge in [-0.15, -0.1) is 0 Å². The van der Waals surface area contributed by atoms with Gasteiger partial charge < -0.3 is 14.7 Å². The molecule has 8 heteroatoms. The molecule has 3 rings (SSSR count). The van der Waals surface area contributed by atoms with Crippen molar-refractivity contribution in [1.29, 1.82) is 0 Å². The molecule has 1 fully saturated rings. The molecule has 26 heavy (non-hydrogen) atoms. The summed E-state index contributed by atoms with van der Waals surface area (Å²) >= 11 is 0. The SMILES string of the molecule is C[C@@H](O)[C@H]1C(=O)N2[C@@H](C(=O)OCc3ccc([N+](=O)[O-])cc3)CC=CC[C@H]12. The van der Waals surface area contributed by atoms with Crippen LogP contribution in [0, 0.1) is 16.0 Å². The Morgan fingerprint density at radius 1 is 1.35 bits per heavy atom. The lowest BCUT2D eigenvalue weighted by Gasteiger charge is -2.50. The number of nitrogens with zero attached hydrogens (tertiary/aromatic N) is 2. The van der Waals surface area contributed by atoms with Crippen molar-refractivity contribution >= 4 is 17.6 Å². The Balaban J connectivity index is 1.64. The number of non-ortho nitro benzene ring substituents is 1. The number of carbonyl (C=O) groups excluding carboxylic acids is 2. The monoisotopic (exact) mass is 360 g/mol. The number of benzene rings is 1. The number of carbonyl (C=O) groups is 2. The molecule has 0 saturated carbocycles. The number of hydrogen-bond acceptors (Lipinski definition) is 6. The number of hydrogen-bond donors (Lipinski definition) is 1. The summed E-state index contributed by atoms with van der Waals surface area (Å²) in [6, 6.07) is 4.84. The molecule has 1 amide bonds. The van der Waals surface area contributed by atoms with Crippen LogP contribution < -0.4 is 0 Å². The lowest BCUT2D eigenvalue weighted by molar-refractivity contribution is -0.384. The van der Waals surface area contributed by atoms with Crippen molar-refractivity contribution in [2.45, 2.75) is 44.6 Å². The topological polar surface area (TPSA) is 110 Å². The highest BCUT2D eigenvalue weighted by atomic mass is 16.6.